The Morgan fingerprint density at radius 2 is 2.00 bits per heavy atom. The van der Waals surface area contributed by atoms with Crippen molar-refractivity contribution in [1.29, 1.82) is 0 Å². The van der Waals surface area contributed by atoms with Crippen molar-refractivity contribution in [2.24, 2.45) is 0 Å². The molecule has 1 aliphatic rings. The van der Waals surface area contributed by atoms with Gasteiger partial charge in [-0.3, -0.25) is 4.79 Å². The standard InChI is InChI=1S/C24H25F2N3O3/c1-2-3-7-29-8-10-31-22-20(24-28-6-9-32-24)13-17(14-21(22)29)23(30)27-5-4-16-11-18(25)15-19(26)12-16/h6,9,11-15H,2-5,7-8,10H2,1H3,(H,27,30). The molecule has 2 aromatic carbocycles. The molecule has 1 aliphatic heterocycles. The van der Waals surface area contributed by atoms with Crippen LogP contribution in [-0.4, -0.2) is 37.1 Å². The summed E-state index contributed by atoms with van der Waals surface area (Å²) in [5.74, 6) is -0.531. The number of rotatable bonds is 8. The Hall–Kier alpha value is -3.42. The Morgan fingerprint density at radius 1 is 1.19 bits per heavy atom. The van der Waals surface area contributed by atoms with E-state index in [4.69, 9.17) is 9.15 Å². The quantitative estimate of drug-likeness (QED) is 0.554. The van der Waals surface area contributed by atoms with Gasteiger partial charge in [-0.1, -0.05) is 13.3 Å². The molecular formula is C24H25F2N3O3. The normalized spacial score (nSPS) is 12.9. The highest BCUT2D eigenvalue weighted by Crippen LogP contribution is 2.41. The van der Waals surface area contributed by atoms with Crippen LogP contribution in [0.1, 0.15) is 35.7 Å². The summed E-state index contributed by atoms with van der Waals surface area (Å²) < 4.78 is 38.2. The van der Waals surface area contributed by atoms with Crippen LogP contribution in [0.25, 0.3) is 11.5 Å². The first-order valence-electron chi connectivity index (χ1n) is 10.7. The van der Waals surface area contributed by atoms with Crippen molar-refractivity contribution in [2.75, 3.05) is 31.1 Å². The van der Waals surface area contributed by atoms with E-state index in [-0.39, 0.29) is 12.5 Å². The van der Waals surface area contributed by atoms with Crippen molar-refractivity contribution in [3.05, 3.63) is 65.6 Å². The van der Waals surface area contributed by atoms with Crippen molar-refractivity contribution in [3.8, 4) is 17.2 Å². The first-order chi connectivity index (χ1) is 15.5. The molecule has 0 bridgehead atoms. The predicted octanol–water partition coefficient (Wildman–Crippen LogP) is 4.59. The van der Waals surface area contributed by atoms with Gasteiger partial charge in [-0.15, -0.1) is 0 Å². The number of anilines is 1. The Labute approximate surface area is 185 Å². The Bertz CT molecular complexity index is 1070. The van der Waals surface area contributed by atoms with E-state index in [9.17, 15) is 13.6 Å². The van der Waals surface area contributed by atoms with Gasteiger partial charge in [0.1, 0.15) is 24.5 Å². The average Bonchev–Trinajstić information content (AvgIpc) is 3.31. The highest BCUT2D eigenvalue weighted by molar-refractivity contribution is 5.98. The molecule has 0 saturated heterocycles. The molecule has 1 aromatic heterocycles. The molecule has 6 nitrogen and oxygen atoms in total. The number of carbonyl (C=O) groups excluding carboxylic acids is 1. The molecule has 3 aromatic rings. The summed E-state index contributed by atoms with van der Waals surface area (Å²) >= 11 is 0. The summed E-state index contributed by atoms with van der Waals surface area (Å²) in [6.45, 7) is 4.50. The Balaban J connectivity index is 1.57. The number of fused-ring (bicyclic) bond motifs is 1. The summed E-state index contributed by atoms with van der Waals surface area (Å²) in [6, 6.07) is 6.86. The number of amides is 1. The smallest absolute Gasteiger partial charge is 0.251 e. The van der Waals surface area contributed by atoms with Gasteiger partial charge in [0.15, 0.2) is 5.75 Å². The fourth-order valence-electron chi connectivity index (χ4n) is 3.78. The number of oxazole rings is 1. The highest BCUT2D eigenvalue weighted by atomic mass is 19.1. The van der Waals surface area contributed by atoms with Crippen molar-refractivity contribution in [3.63, 3.8) is 0 Å². The van der Waals surface area contributed by atoms with E-state index in [1.165, 1.54) is 18.4 Å². The third-order valence-electron chi connectivity index (χ3n) is 5.35. The maximum Gasteiger partial charge on any atom is 0.251 e. The number of benzene rings is 2. The van der Waals surface area contributed by atoms with E-state index in [0.717, 1.165) is 37.7 Å². The van der Waals surface area contributed by atoms with Gasteiger partial charge in [-0.25, -0.2) is 13.8 Å². The molecule has 4 rings (SSSR count). The van der Waals surface area contributed by atoms with Gasteiger partial charge in [-0.2, -0.15) is 0 Å². The molecule has 1 amide bonds. The summed E-state index contributed by atoms with van der Waals surface area (Å²) in [5, 5.41) is 2.83. The zero-order chi connectivity index (χ0) is 22.5. The van der Waals surface area contributed by atoms with Gasteiger partial charge in [0.05, 0.1) is 24.0 Å². The van der Waals surface area contributed by atoms with Crippen molar-refractivity contribution in [2.45, 2.75) is 26.2 Å². The first kappa shape index (κ1) is 21.8. The van der Waals surface area contributed by atoms with E-state index >= 15 is 0 Å². The summed E-state index contributed by atoms with van der Waals surface area (Å²) in [7, 11) is 0. The largest absolute Gasteiger partial charge is 0.489 e. The monoisotopic (exact) mass is 441 g/mol. The van der Waals surface area contributed by atoms with Crippen molar-refractivity contribution in [1.82, 2.24) is 10.3 Å². The van der Waals surface area contributed by atoms with Crippen molar-refractivity contribution < 1.29 is 22.7 Å². The number of carbonyl (C=O) groups is 1. The molecule has 0 aliphatic carbocycles. The van der Waals surface area contributed by atoms with Gasteiger partial charge >= 0.3 is 0 Å². The molecule has 0 fully saturated rings. The maximum absolute atomic E-state index is 13.4. The van der Waals surface area contributed by atoms with Crippen LogP contribution < -0.4 is 15.0 Å². The minimum atomic E-state index is -0.635. The van der Waals surface area contributed by atoms with Gasteiger partial charge < -0.3 is 19.4 Å². The lowest BCUT2D eigenvalue weighted by Crippen LogP contribution is -2.34. The number of nitrogens with zero attached hydrogens (tertiary/aromatic N) is 2. The van der Waals surface area contributed by atoms with Crippen LogP contribution in [0.3, 0.4) is 0 Å². The van der Waals surface area contributed by atoms with Crippen LogP contribution in [0.5, 0.6) is 5.75 Å². The second-order valence-corrected chi connectivity index (χ2v) is 7.68. The lowest BCUT2D eigenvalue weighted by Gasteiger charge is -2.32. The molecule has 32 heavy (non-hydrogen) atoms. The predicted molar refractivity (Wildman–Crippen MR) is 117 cm³/mol. The fraction of sp³-hybridized carbons (Fsp3) is 0.333. The van der Waals surface area contributed by atoms with Crippen LogP contribution in [-0.2, 0) is 6.42 Å². The van der Waals surface area contributed by atoms with Crippen LogP contribution in [0.4, 0.5) is 14.5 Å². The Morgan fingerprint density at radius 3 is 2.72 bits per heavy atom. The fourth-order valence-corrected chi connectivity index (χ4v) is 3.78. The van der Waals surface area contributed by atoms with Crippen LogP contribution >= 0.6 is 0 Å². The third-order valence-corrected chi connectivity index (χ3v) is 5.35. The lowest BCUT2D eigenvalue weighted by atomic mass is 10.0. The second kappa shape index (κ2) is 9.80. The van der Waals surface area contributed by atoms with Gasteiger partial charge in [-0.05, 0) is 42.7 Å². The molecular weight excluding hydrogens is 416 g/mol. The summed E-state index contributed by atoms with van der Waals surface area (Å²) in [5.41, 5.74) is 2.37. The van der Waals surface area contributed by atoms with Gasteiger partial charge in [0, 0.05) is 24.7 Å². The molecule has 0 atom stereocenters. The number of nitrogens with one attached hydrogen (secondary N) is 1. The van der Waals surface area contributed by atoms with E-state index in [1.54, 1.807) is 12.3 Å². The molecule has 0 saturated carbocycles. The zero-order valence-electron chi connectivity index (χ0n) is 17.9. The minimum Gasteiger partial charge on any atom is -0.489 e. The van der Waals surface area contributed by atoms with E-state index in [1.807, 2.05) is 6.07 Å². The molecule has 2 heterocycles. The molecule has 1 N–H and O–H groups in total. The first-order valence-corrected chi connectivity index (χ1v) is 10.7. The lowest BCUT2D eigenvalue weighted by molar-refractivity contribution is 0.0954. The SMILES string of the molecule is CCCCN1CCOc2c(-c3ncco3)cc(C(=O)NCCc3cc(F)cc(F)c3)cc21. The number of halogens is 2. The molecule has 8 heteroatoms. The van der Waals surface area contributed by atoms with Crippen LogP contribution in [0.2, 0.25) is 0 Å². The number of aromatic nitrogens is 1. The number of hydrogen-bond acceptors (Lipinski definition) is 5. The van der Waals surface area contributed by atoms with Crippen LogP contribution in [0, 0.1) is 11.6 Å². The third kappa shape index (κ3) is 4.90. The zero-order valence-corrected chi connectivity index (χ0v) is 17.9. The number of hydrogen-bond donors (Lipinski definition) is 1. The van der Waals surface area contributed by atoms with E-state index in [0.29, 0.717) is 41.4 Å². The maximum atomic E-state index is 13.4. The minimum absolute atomic E-state index is 0.239. The second-order valence-electron chi connectivity index (χ2n) is 7.68. The molecule has 0 unspecified atom stereocenters. The van der Waals surface area contributed by atoms with Crippen molar-refractivity contribution >= 4 is 11.6 Å². The summed E-state index contributed by atoms with van der Waals surface area (Å²) in [6.07, 6.45) is 5.41. The number of ether oxygens (including phenoxy) is 1. The molecule has 168 valence electrons. The molecule has 0 spiro atoms. The van der Waals surface area contributed by atoms with Gasteiger partial charge in [0.2, 0.25) is 5.89 Å². The average molecular weight is 441 g/mol. The number of unbranched alkanes of at least 4 members (excludes halogenated alkanes) is 1. The molecule has 0 radical (unpaired) electrons. The van der Waals surface area contributed by atoms with Crippen LogP contribution in [0.15, 0.2) is 47.2 Å². The topological polar surface area (TPSA) is 67.6 Å². The Kier molecular flexibility index (Phi) is 6.68. The van der Waals surface area contributed by atoms with Gasteiger partial charge in [0.25, 0.3) is 5.91 Å². The summed E-state index contributed by atoms with van der Waals surface area (Å²) in [4.78, 5) is 19.4. The van der Waals surface area contributed by atoms with E-state index < -0.39 is 11.6 Å². The van der Waals surface area contributed by atoms with E-state index in [2.05, 4.69) is 22.1 Å². The highest BCUT2D eigenvalue weighted by Gasteiger charge is 2.26.